The van der Waals surface area contributed by atoms with Gasteiger partial charge in [0, 0.05) is 13.1 Å². The maximum absolute atomic E-state index is 11.8. The van der Waals surface area contributed by atoms with Crippen molar-refractivity contribution in [2.45, 2.75) is 13.0 Å². The number of carbonyl (C=O) groups excluding carboxylic acids is 1. The van der Waals surface area contributed by atoms with E-state index in [2.05, 4.69) is 0 Å². The second kappa shape index (κ2) is 8.41. The molecule has 1 amide bonds. The highest BCUT2D eigenvalue weighted by atomic mass is 16.5. The van der Waals surface area contributed by atoms with Crippen molar-refractivity contribution in [1.29, 1.82) is 0 Å². The highest BCUT2D eigenvalue weighted by molar-refractivity contribution is 5.81. The zero-order valence-corrected chi connectivity index (χ0v) is 10.4. The molecule has 1 aliphatic heterocycles. The fraction of sp³-hybridized carbons (Fsp3) is 0.909. The van der Waals surface area contributed by atoms with Crippen LogP contribution in [0.1, 0.15) is 6.92 Å². The summed E-state index contributed by atoms with van der Waals surface area (Å²) in [4.78, 5) is 13.5. The lowest BCUT2D eigenvalue weighted by molar-refractivity contribution is -0.134. The van der Waals surface area contributed by atoms with E-state index in [1.54, 1.807) is 11.8 Å². The molecular formula is C11H22N2O4. The topological polar surface area (TPSA) is 74.0 Å². The molecule has 0 aliphatic carbocycles. The molecule has 17 heavy (non-hydrogen) atoms. The molecule has 2 N–H and O–H groups in total. The Kier molecular flexibility index (Phi) is 7.11. The van der Waals surface area contributed by atoms with Crippen LogP contribution in [0, 0.1) is 0 Å². The molecule has 0 radical (unpaired) electrons. The lowest BCUT2D eigenvalue weighted by Gasteiger charge is -2.24. The highest BCUT2D eigenvalue weighted by Gasteiger charge is 2.17. The molecule has 0 spiro atoms. The normalized spacial score (nSPS) is 22.4. The van der Waals surface area contributed by atoms with E-state index in [0.717, 1.165) is 0 Å². The van der Waals surface area contributed by atoms with E-state index in [-0.39, 0.29) is 5.91 Å². The highest BCUT2D eigenvalue weighted by Crippen LogP contribution is 1.96. The Bertz CT molecular complexity index is 212. The molecular weight excluding hydrogens is 224 g/mol. The van der Waals surface area contributed by atoms with E-state index >= 15 is 0 Å². The van der Waals surface area contributed by atoms with E-state index < -0.39 is 6.04 Å². The summed E-state index contributed by atoms with van der Waals surface area (Å²) < 4.78 is 16.0. The van der Waals surface area contributed by atoms with Gasteiger partial charge in [-0.2, -0.15) is 0 Å². The maximum atomic E-state index is 11.8. The van der Waals surface area contributed by atoms with Crippen molar-refractivity contribution < 1.29 is 19.0 Å². The minimum absolute atomic E-state index is 0.0643. The van der Waals surface area contributed by atoms with Crippen LogP contribution in [-0.4, -0.2) is 69.6 Å². The van der Waals surface area contributed by atoms with Crippen LogP contribution in [0.3, 0.4) is 0 Å². The second-order valence-electron chi connectivity index (χ2n) is 3.95. The third-order valence-corrected chi connectivity index (χ3v) is 2.46. The van der Waals surface area contributed by atoms with Crippen LogP contribution in [0.25, 0.3) is 0 Å². The number of nitrogens with two attached hydrogens (primary N) is 1. The Balaban J connectivity index is 2.39. The standard InChI is InChI=1S/C11H22N2O4/c1-10(12)11(14)13-2-4-15-6-8-17-9-7-16-5-3-13/h10H,2-9,12H2,1H3/t10-/m1/s1. The fourth-order valence-electron chi connectivity index (χ4n) is 1.51. The predicted molar refractivity (Wildman–Crippen MR) is 62.7 cm³/mol. The van der Waals surface area contributed by atoms with Crippen LogP contribution in [0.4, 0.5) is 0 Å². The Morgan fingerprint density at radius 1 is 1.00 bits per heavy atom. The molecule has 0 bridgehead atoms. The number of hydrogen-bond donors (Lipinski definition) is 1. The SMILES string of the molecule is C[C@@H](N)C(=O)N1CCOCCOCCOCC1. The fourth-order valence-corrected chi connectivity index (χ4v) is 1.51. The first-order chi connectivity index (χ1) is 8.22. The molecule has 1 saturated heterocycles. The van der Waals surface area contributed by atoms with Gasteiger partial charge in [0.05, 0.1) is 45.7 Å². The van der Waals surface area contributed by atoms with E-state index in [1.807, 2.05) is 0 Å². The summed E-state index contributed by atoms with van der Waals surface area (Å²) in [5, 5.41) is 0. The van der Waals surface area contributed by atoms with Crippen molar-refractivity contribution in [3.8, 4) is 0 Å². The van der Waals surface area contributed by atoms with Gasteiger partial charge < -0.3 is 24.8 Å². The minimum atomic E-state index is -0.480. The van der Waals surface area contributed by atoms with Gasteiger partial charge in [-0.3, -0.25) is 4.79 Å². The molecule has 0 aromatic carbocycles. The Labute approximate surface area is 102 Å². The van der Waals surface area contributed by atoms with Crippen LogP contribution >= 0.6 is 0 Å². The molecule has 1 atom stereocenters. The smallest absolute Gasteiger partial charge is 0.239 e. The van der Waals surface area contributed by atoms with Crippen molar-refractivity contribution in [2.24, 2.45) is 5.73 Å². The first-order valence-corrected chi connectivity index (χ1v) is 5.99. The summed E-state index contributed by atoms with van der Waals surface area (Å²) in [7, 11) is 0. The molecule has 100 valence electrons. The first-order valence-electron chi connectivity index (χ1n) is 5.99. The number of rotatable bonds is 1. The van der Waals surface area contributed by atoms with E-state index in [0.29, 0.717) is 52.7 Å². The average Bonchev–Trinajstić information content (AvgIpc) is 2.29. The molecule has 1 rings (SSSR count). The molecule has 0 saturated carbocycles. The maximum Gasteiger partial charge on any atom is 0.239 e. The Morgan fingerprint density at radius 2 is 1.41 bits per heavy atom. The van der Waals surface area contributed by atoms with Gasteiger partial charge in [-0.25, -0.2) is 0 Å². The summed E-state index contributed by atoms with van der Waals surface area (Å²) >= 11 is 0. The molecule has 1 aliphatic rings. The van der Waals surface area contributed by atoms with Crippen molar-refractivity contribution in [1.82, 2.24) is 4.90 Å². The van der Waals surface area contributed by atoms with Crippen molar-refractivity contribution >= 4 is 5.91 Å². The van der Waals surface area contributed by atoms with E-state index in [1.165, 1.54) is 0 Å². The summed E-state index contributed by atoms with van der Waals surface area (Å²) in [6.45, 7) is 5.99. The van der Waals surface area contributed by atoms with Crippen LogP contribution in [0.5, 0.6) is 0 Å². The monoisotopic (exact) mass is 246 g/mol. The van der Waals surface area contributed by atoms with Gasteiger partial charge in [0.2, 0.25) is 5.91 Å². The quantitative estimate of drug-likeness (QED) is 0.657. The van der Waals surface area contributed by atoms with Gasteiger partial charge in [0.1, 0.15) is 0 Å². The number of ether oxygens (including phenoxy) is 3. The van der Waals surface area contributed by atoms with E-state index in [4.69, 9.17) is 19.9 Å². The molecule has 0 aromatic rings. The zero-order chi connectivity index (χ0) is 12.5. The second-order valence-corrected chi connectivity index (χ2v) is 3.95. The third-order valence-electron chi connectivity index (χ3n) is 2.46. The summed E-state index contributed by atoms with van der Waals surface area (Å²) in [6, 6.07) is -0.480. The molecule has 1 fully saturated rings. The lowest BCUT2D eigenvalue weighted by atomic mass is 10.3. The van der Waals surface area contributed by atoms with Gasteiger partial charge in [-0.15, -0.1) is 0 Å². The van der Waals surface area contributed by atoms with Gasteiger partial charge in [0.15, 0.2) is 0 Å². The largest absolute Gasteiger partial charge is 0.377 e. The van der Waals surface area contributed by atoms with Gasteiger partial charge in [0.25, 0.3) is 0 Å². The number of amides is 1. The van der Waals surface area contributed by atoms with Gasteiger partial charge >= 0.3 is 0 Å². The molecule has 0 aromatic heterocycles. The molecule has 6 nitrogen and oxygen atoms in total. The summed E-state index contributed by atoms with van der Waals surface area (Å²) in [5.74, 6) is -0.0643. The number of hydrogen-bond acceptors (Lipinski definition) is 5. The first kappa shape index (κ1) is 14.4. The van der Waals surface area contributed by atoms with Gasteiger partial charge in [-0.05, 0) is 6.92 Å². The summed E-state index contributed by atoms with van der Waals surface area (Å²) in [5.41, 5.74) is 5.59. The zero-order valence-electron chi connectivity index (χ0n) is 10.4. The van der Waals surface area contributed by atoms with Gasteiger partial charge in [-0.1, -0.05) is 0 Å². The van der Waals surface area contributed by atoms with Crippen molar-refractivity contribution in [2.75, 3.05) is 52.7 Å². The number of carbonyl (C=O) groups is 1. The van der Waals surface area contributed by atoms with Crippen molar-refractivity contribution in [3.63, 3.8) is 0 Å². The van der Waals surface area contributed by atoms with Crippen molar-refractivity contribution in [3.05, 3.63) is 0 Å². The lowest BCUT2D eigenvalue weighted by Crippen LogP contribution is -2.45. The van der Waals surface area contributed by atoms with Crippen LogP contribution < -0.4 is 5.73 Å². The van der Waals surface area contributed by atoms with E-state index in [9.17, 15) is 4.79 Å². The average molecular weight is 246 g/mol. The van der Waals surface area contributed by atoms with Crippen LogP contribution in [0.15, 0.2) is 0 Å². The number of nitrogens with zero attached hydrogens (tertiary/aromatic N) is 1. The Hall–Kier alpha value is -0.690. The summed E-state index contributed by atoms with van der Waals surface area (Å²) in [6.07, 6.45) is 0. The molecule has 1 heterocycles. The van der Waals surface area contributed by atoms with Crippen LogP contribution in [-0.2, 0) is 19.0 Å². The molecule has 6 heteroatoms. The Morgan fingerprint density at radius 3 is 1.82 bits per heavy atom. The van der Waals surface area contributed by atoms with Crippen LogP contribution in [0.2, 0.25) is 0 Å². The minimum Gasteiger partial charge on any atom is -0.377 e. The third kappa shape index (κ3) is 5.97. The molecule has 0 unspecified atom stereocenters. The predicted octanol–water partition coefficient (Wildman–Crippen LogP) is -0.774.